The Bertz CT molecular complexity index is 1360. The first-order valence-corrected chi connectivity index (χ1v) is 12.3. The Morgan fingerprint density at radius 2 is 1.67 bits per heavy atom. The first kappa shape index (κ1) is 25.1. The van der Waals surface area contributed by atoms with Crippen LogP contribution in [0.2, 0.25) is 0 Å². The number of nitrogens with one attached hydrogen (secondary N) is 3. The van der Waals surface area contributed by atoms with Gasteiger partial charge < -0.3 is 20.7 Å². The van der Waals surface area contributed by atoms with Crippen LogP contribution in [0, 0.1) is 0 Å². The van der Waals surface area contributed by atoms with E-state index in [4.69, 9.17) is 5.11 Å². The molecule has 0 aliphatic heterocycles. The van der Waals surface area contributed by atoms with E-state index in [2.05, 4.69) is 15.6 Å². The molecule has 0 fully saturated rings. The molecule has 36 heavy (non-hydrogen) atoms. The third-order valence-electron chi connectivity index (χ3n) is 6.34. The van der Waals surface area contributed by atoms with Crippen molar-refractivity contribution in [2.24, 2.45) is 0 Å². The molecule has 0 aliphatic rings. The van der Waals surface area contributed by atoms with Crippen LogP contribution in [0.3, 0.4) is 0 Å². The number of para-hydroxylation sites is 1. The van der Waals surface area contributed by atoms with Crippen LogP contribution >= 0.6 is 0 Å². The summed E-state index contributed by atoms with van der Waals surface area (Å²) >= 11 is 0. The van der Waals surface area contributed by atoms with Gasteiger partial charge in [0.05, 0.1) is 0 Å². The smallest absolute Gasteiger partial charge is 0.251 e. The first-order chi connectivity index (χ1) is 17.5. The number of fused-ring (bicyclic) bond motifs is 2. The third kappa shape index (κ3) is 6.37. The highest BCUT2D eigenvalue weighted by molar-refractivity contribution is 6.01. The van der Waals surface area contributed by atoms with E-state index >= 15 is 0 Å². The zero-order valence-corrected chi connectivity index (χ0v) is 20.1. The van der Waals surface area contributed by atoms with E-state index < -0.39 is 12.6 Å². The lowest BCUT2D eigenvalue weighted by molar-refractivity contribution is -0.123. The summed E-state index contributed by atoms with van der Waals surface area (Å²) in [5.41, 5.74) is 2.43. The molecular formula is C29H31N3O4. The molecule has 1 atom stereocenters. The number of aliphatic hydroxyl groups is 1. The number of Topliss-reactive ketones (excluding diaryl/α,β-unsaturated/α-hetero) is 1. The Morgan fingerprint density at radius 3 is 2.50 bits per heavy atom. The molecule has 4 rings (SSSR count). The normalized spacial score (nSPS) is 11.9. The van der Waals surface area contributed by atoms with E-state index in [0.717, 1.165) is 33.7 Å². The quantitative estimate of drug-likeness (QED) is 0.228. The third-order valence-corrected chi connectivity index (χ3v) is 6.34. The molecule has 4 aromatic rings. The molecule has 7 heteroatoms. The molecule has 0 unspecified atom stereocenters. The molecule has 1 aromatic heterocycles. The lowest BCUT2D eigenvalue weighted by atomic mass is 10.0. The van der Waals surface area contributed by atoms with Gasteiger partial charge in [0.15, 0.2) is 5.78 Å². The summed E-state index contributed by atoms with van der Waals surface area (Å²) in [6.07, 6.45) is 4.72. The van der Waals surface area contributed by atoms with Gasteiger partial charge in [-0.05, 0) is 47.4 Å². The minimum Gasteiger partial charge on any atom is -0.389 e. The molecule has 2 amide bonds. The van der Waals surface area contributed by atoms with Gasteiger partial charge in [0, 0.05) is 42.0 Å². The summed E-state index contributed by atoms with van der Waals surface area (Å²) in [5, 5.41) is 17.7. The Balaban J connectivity index is 1.44. The van der Waals surface area contributed by atoms with Gasteiger partial charge in [-0.1, -0.05) is 55.0 Å². The van der Waals surface area contributed by atoms with E-state index in [1.807, 2.05) is 66.9 Å². The predicted octanol–water partition coefficient (Wildman–Crippen LogP) is 3.90. The van der Waals surface area contributed by atoms with Gasteiger partial charge in [-0.25, -0.2) is 0 Å². The number of benzene rings is 3. The Morgan fingerprint density at radius 1 is 0.889 bits per heavy atom. The average molecular weight is 486 g/mol. The van der Waals surface area contributed by atoms with E-state index in [9.17, 15) is 14.4 Å². The zero-order valence-electron chi connectivity index (χ0n) is 20.1. The Kier molecular flexibility index (Phi) is 8.47. The van der Waals surface area contributed by atoms with Gasteiger partial charge in [0.2, 0.25) is 5.91 Å². The van der Waals surface area contributed by atoms with Crippen LogP contribution in [-0.4, -0.2) is 46.9 Å². The molecule has 186 valence electrons. The number of carbonyl (C=O) groups is 3. The Labute approximate surface area is 209 Å². The van der Waals surface area contributed by atoms with E-state index in [1.165, 1.54) is 0 Å². The maximum atomic E-state index is 13.2. The average Bonchev–Trinajstić information content (AvgIpc) is 3.32. The molecule has 1 heterocycles. The van der Waals surface area contributed by atoms with Crippen molar-refractivity contribution < 1.29 is 19.5 Å². The number of hydrogen-bond donors (Lipinski definition) is 4. The van der Waals surface area contributed by atoms with Crippen molar-refractivity contribution in [3.05, 3.63) is 84.1 Å². The summed E-state index contributed by atoms with van der Waals surface area (Å²) in [4.78, 5) is 40.7. The Hall–Kier alpha value is -3.97. The number of aliphatic hydroxyl groups excluding tert-OH is 1. The molecule has 0 saturated heterocycles. The number of rotatable bonds is 12. The number of amides is 2. The van der Waals surface area contributed by atoms with Crippen molar-refractivity contribution in [1.82, 2.24) is 15.6 Å². The van der Waals surface area contributed by atoms with Gasteiger partial charge in [-0.15, -0.1) is 0 Å². The van der Waals surface area contributed by atoms with E-state index in [1.54, 1.807) is 6.07 Å². The molecule has 0 radical (unpaired) electrons. The maximum Gasteiger partial charge on any atom is 0.251 e. The highest BCUT2D eigenvalue weighted by atomic mass is 16.3. The van der Waals surface area contributed by atoms with Gasteiger partial charge in [-0.2, -0.15) is 0 Å². The predicted molar refractivity (Wildman–Crippen MR) is 141 cm³/mol. The fourth-order valence-electron chi connectivity index (χ4n) is 4.34. The van der Waals surface area contributed by atoms with Crippen LogP contribution in [0.5, 0.6) is 0 Å². The first-order valence-electron chi connectivity index (χ1n) is 12.3. The van der Waals surface area contributed by atoms with Crippen molar-refractivity contribution in [2.75, 3.05) is 13.2 Å². The molecule has 7 nitrogen and oxygen atoms in total. The van der Waals surface area contributed by atoms with Gasteiger partial charge in [0.25, 0.3) is 5.91 Å². The number of unbranched alkanes of at least 4 members (excludes halogenated alkanes) is 2. The largest absolute Gasteiger partial charge is 0.389 e. The second-order valence-corrected chi connectivity index (χ2v) is 8.95. The second-order valence-electron chi connectivity index (χ2n) is 8.95. The molecule has 0 aliphatic carbocycles. The van der Waals surface area contributed by atoms with Crippen LogP contribution in [0.1, 0.15) is 41.6 Å². The fraction of sp³-hybridized carbons (Fsp3) is 0.276. The second kappa shape index (κ2) is 12.1. The summed E-state index contributed by atoms with van der Waals surface area (Å²) in [6.45, 7) is 0.0194. The highest BCUT2D eigenvalue weighted by Gasteiger charge is 2.23. The monoisotopic (exact) mass is 485 g/mol. The molecule has 0 bridgehead atoms. The van der Waals surface area contributed by atoms with Crippen molar-refractivity contribution in [3.63, 3.8) is 0 Å². The minimum atomic E-state index is -0.751. The lowest BCUT2D eigenvalue weighted by Gasteiger charge is -2.19. The minimum absolute atomic E-state index is 0.172. The lowest BCUT2D eigenvalue weighted by Crippen LogP contribution is -2.48. The number of carbonyl (C=O) groups excluding carboxylic acids is 3. The summed E-state index contributed by atoms with van der Waals surface area (Å²) in [7, 11) is 0. The molecule has 0 saturated carbocycles. The standard InChI is InChI=1S/C29H31N3O4/c33-19-24(34)10-2-1-7-15-30-29(36)27(17-23-18-31-26-12-6-5-11-25(23)26)32-28(35)22-14-13-20-8-3-4-9-21(20)16-22/h3-6,8-9,11-14,16,18,27,31,33H,1-2,7,10,15,17,19H2,(H,30,36)(H,32,35)/t27-/m0/s1. The van der Waals surface area contributed by atoms with Crippen LogP contribution in [0.15, 0.2) is 72.9 Å². The van der Waals surface area contributed by atoms with Gasteiger partial charge >= 0.3 is 0 Å². The van der Waals surface area contributed by atoms with Crippen molar-refractivity contribution in [3.8, 4) is 0 Å². The van der Waals surface area contributed by atoms with E-state index in [-0.39, 0.29) is 17.6 Å². The summed E-state index contributed by atoms with van der Waals surface area (Å²) in [6, 6.07) is 20.4. The number of hydrogen-bond acceptors (Lipinski definition) is 4. The van der Waals surface area contributed by atoms with Crippen molar-refractivity contribution in [2.45, 2.75) is 38.1 Å². The number of ketones is 1. The number of aromatic nitrogens is 1. The molecule has 4 N–H and O–H groups in total. The SMILES string of the molecule is O=C(CO)CCCCCNC(=O)[C@H](Cc1c[nH]c2ccccc12)NC(=O)c1ccc2ccccc2c1. The van der Waals surface area contributed by atoms with Crippen LogP contribution in [0.25, 0.3) is 21.7 Å². The van der Waals surface area contributed by atoms with Crippen molar-refractivity contribution in [1.29, 1.82) is 0 Å². The molecule has 0 spiro atoms. The number of H-pyrrole nitrogens is 1. The van der Waals surface area contributed by atoms with Crippen molar-refractivity contribution >= 4 is 39.3 Å². The van der Waals surface area contributed by atoms with Crippen LogP contribution < -0.4 is 10.6 Å². The van der Waals surface area contributed by atoms with E-state index in [0.29, 0.717) is 37.8 Å². The fourth-order valence-corrected chi connectivity index (χ4v) is 4.34. The highest BCUT2D eigenvalue weighted by Crippen LogP contribution is 2.20. The molecular weight excluding hydrogens is 454 g/mol. The van der Waals surface area contributed by atoms with Gasteiger partial charge in [-0.3, -0.25) is 14.4 Å². The maximum absolute atomic E-state index is 13.2. The molecule has 3 aromatic carbocycles. The topological polar surface area (TPSA) is 111 Å². The summed E-state index contributed by atoms with van der Waals surface area (Å²) < 4.78 is 0. The van der Waals surface area contributed by atoms with Crippen LogP contribution in [-0.2, 0) is 16.0 Å². The van der Waals surface area contributed by atoms with Gasteiger partial charge in [0.1, 0.15) is 12.6 Å². The zero-order chi connectivity index (χ0) is 25.3. The summed E-state index contributed by atoms with van der Waals surface area (Å²) in [5.74, 6) is -0.724. The number of aromatic amines is 1. The van der Waals surface area contributed by atoms with Crippen LogP contribution in [0.4, 0.5) is 0 Å².